The van der Waals surface area contributed by atoms with Gasteiger partial charge in [-0.05, 0) is 49.2 Å². The summed E-state index contributed by atoms with van der Waals surface area (Å²) < 4.78 is 16.8. The van der Waals surface area contributed by atoms with Crippen LogP contribution in [0, 0.1) is 5.92 Å². The molecule has 1 N–H and O–H groups in total. The molecule has 1 fully saturated rings. The quantitative estimate of drug-likeness (QED) is 0.263. The predicted molar refractivity (Wildman–Crippen MR) is 121 cm³/mol. The number of methoxy groups -OCH3 is 2. The van der Waals surface area contributed by atoms with E-state index in [0.29, 0.717) is 28.4 Å². The Morgan fingerprint density at radius 3 is 2.42 bits per heavy atom. The Morgan fingerprint density at radius 1 is 1.00 bits per heavy atom. The summed E-state index contributed by atoms with van der Waals surface area (Å²) in [6.07, 6.45) is 6.59. The number of nitrogens with zero attached hydrogens (tertiary/aromatic N) is 1. The number of rotatable bonds is 7. The Labute approximate surface area is 189 Å². The zero-order valence-corrected chi connectivity index (χ0v) is 19.1. The topological polar surface area (TPSA) is 86.2 Å². The second-order valence-corrected chi connectivity index (χ2v) is 8.13. The van der Waals surface area contributed by atoms with Crippen LogP contribution in [0.5, 0.6) is 17.2 Å². The minimum absolute atomic E-state index is 0.00996. The molecule has 0 atom stereocenters. The van der Waals surface area contributed by atoms with E-state index in [2.05, 4.69) is 26.5 Å². The average Bonchev–Trinajstić information content (AvgIpc) is 2.80. The van der Waals surface area contributed by atoms with Crippen molar-refractivity contribution in [3.63, 3.8) is 0 Å². The third-order valence-electron chi connectivity index (χ3n) is 5.15. The summed E-state index contributed by atoms with van der Waals surface area (Å²) in [6.45, 7) is 0. The molecule has 0 aliphatic heterocycles. The molecule has 8 heteroatoms. The first-order chi connectivity index (χ1) is 15.0. The van der Waals surface area contributed by atoms with Crippen molar-refractivity contribution in [2.24, 2.45) is 11.0 Å². The van der Waals surface area contributed by atoms with Gasteiger partial charge in [0.25, 0.3) is 0 Å². The van der Waals surface area contributed by atoms with Gasteiger partial charge in [-0.25, -0.2) is 10.2 Å². The van der Waals surface area contributed by atoms with E-state index in [0.717, 1.165) is 30.2 Å². The molecule has 0 spiro atoms. The molecule has 3 rings (SSSR count). The zero-order valence-electron chi connectivity index (χ0n) is 17.5. The van der Waals surface area contributed by atoms with Gasteiger partial charge in [-0.15, -0.1) is 0 Å². The number of hydrogen-bond donors (Lipinski definition) is 1. The summed E-state index contributed by atoms with van der Waals surface area (Å²) in [5.74, 6) is 0.651. The molecular formula is C23H25BrN2O5. The van der Waals surface area contributed by atoms with E-state index in [1.54, 1.807) is 36.4 Å². The van der Waals surface area contributed by atoms with Crippen LogP contribution in [-0.4, -0.2) is 32.3 Å². The lowest BCUT2D eigenvalue weighted by Crippen LogP contribution is -2.28. The maximum atomic E-state index is 12.7. The Balaban J connectivity index is 1.72. The third-order valence-corrected chi connectivity index (χ3v) is 5.64. The summed E-state index contributed by atoms with van der Waals surface area (Å²) in [5.41, 5.74) is 3.47. The van der Waals surface area contributed by atoms with E-state index in [9.17, 15) is 9.59 Å². The number of halogens is 1. The van der Waals surface area contributed by atoms with Crippen LogP contribution in [0.3, 0.4) is 0 Å². The summed E-state index contributed by atoms with van der Waals surface area (Å²) in [5, 5.41) is 4.08. The van der Waals surface area contributed by atoms with E-state index < -0.39 is 5.97 Å². The van der Waals surface area contributed by atoms with Gasteiger partial charge in [-0.3, -0.25) is 4.79 Å². The second kappa shape index (κ2) is 10.9. The van der Waals surface area contributed by atoms with Crippen molar-refractivity contribution < 1.29 is 23.8 Å². The summed E-state index contributed by atoms with van der Waals surface area (Å²) in [7, 11) is 3.02. The predicted octanol–water partition coefficient (Wildman–Crippen LogP) is 4.72. The molecule has 1 saturated carbocycles. The highest BCUT2D eigenvalue weighted by atomic mass is 79.9. The molecule has 164 valence electrons. The van der Waals surface area contributed by atoms with Gasteiger partial charge in [0.2, 0.25) is 5.91 Å². The number of nitrogens with one attached hydrogen (secondary N) is 1. The van der Waals surface area contributed by atoms with E-state index in [1.807, 2.05) is 0 Å². The van der Waals surface area contributed by atoms with Gasteiger partial charge in [0.1, 0.15) is 5.75 Å². The molecule has 2 aromatic rings. The van der Waals surface area contributed by atoms with Gasteiger partial charge in [0, 0.05) is 16.0 Å². The largest absolute Gasteiger partial charge is 0.493 e. The second-order valence-electron chi connectivity index (χ2n) is 7.21. The highest BCUT2D eigenvalue weighted by molar-refractivity contribution is 9.10. The normalized spacial score (nSPS) is 14.3. The van der Waals surface area contributed by atoms with Gasteiger partial charge in [-0.1, -0.05) is 35.2 Å². The first kappa shape index (κ1) is 22.8. The fraction of sp³-hybridized carbons (Fsp3) is 0.348. The highest BCUT2D eigenvalue weighted by Crippen LogP contribution is 2.29. The Morgan fingerprint density at radius 2 is 1.71 bits per heavy atom. The molecular weight excluding hydrogens is 464 g/mol. The van der Waals surface area contributed by atoms with Crippen molar-refractivity contribution in [1.82, 2.24) is 5.43 Å². The molecule has 0 saturated heterocycles. The van der Waals surface area contributed by atoms with Crippen LogP contribution in [0.2, 0.25) is 0 Å². The van der Waals surface area contributed by atoms with Crippen LogP contribution in [-0.2, 0) is 4.79 Å². The molecule has 31 heavy (non-hydrogen) atoms. The van der Waals surface area contributed by atoms with E-state index in [4.69, 9.17) is 14.2 Å². The summed E-state index contributed by atoms with van der Waals surface area (Å²) in [4.78, 5) is 24.9. The molecule has 0 aromatic heterocycles. The molecule has 7 nitrogen and oxygen atoms in total. The first-order valence-electron chi connectivity index (χ1n) is 10.1. The van der Waals surface area contributed by atoms with Crippen LogP contribution in [0.15, 0.2) is 46.0 Å². The van der Waals surface area contributed by atoms with Gasteiger partial charge >= 0.3 is 5.97 Å². The average molecular weight is 489 g/mol. The Hall–Kier alpha value is -2.87. The van der Waals surface area contributed by atoms with Gasteiger partial charge in [-0.2, -0.15) is 5.10 Å². The number of ether oxygens (including phenoxy) is 3. The number of hydrogen-bond acceptors (Lipinski definition) is 6. The minimum Gasteiger partial charge on any atom is -0.493 e. The van der Waals surface area contributed by atoms with Crippen molar-refractivity contribution in [3.05, 3.63) is 52.0 Å². The lowest BCUT2D eigenvalue weighted by molar-refractivity contribution is -0.125. The Bertz CT molecular complexity index is 970. The van der Waals surface area contributed by atoms with Crippen LogP contribution in [0.25, 0.3) is 0 Å². The van der Waals surface area contributed by atoms with Crippen LogP contribution >= 0.6 is 15.9 Å². The minimum atomic E-state index is -0.552. The lowest BCUT2D eigenvalue weighted by atomic mass is 9.89. The number of benzene rings is 2. The van der Waals surface area contributed by atoms with Crippen molar-refractivity contribution in [1.29, 1.82) is 0 Å². The fourth-order valence-electron chi connectivity index (χ4n) is 3.46. The van der Waals surface area contributed by atoms with Crippen molar-refractivity contribution in [3.8, 4) is 17.2 Å². The van der Waals surface area contributed by atoms with Gasteiger partial charge in [0.05, 0.1) is 26.0 Å². The van der Waals surface area contributed by atoms with Crippen LogP contribution in [0.1, 0.15) is 48.0 Å². The van der Waals surface area contributed by atoms with Crippen LogP contribution in [0.4, 0.5) is 0 Å². The maximum Gasteiger partial charge on any atom is 0.343 e. The highest BCUT2D eigenvalue weighted by Gasteiger charge is 2.20. The van der Waals surface area contributed by atoms with Gasteiger partial charge < -0.3 is 14.2 Å². The molecule has 1 amide bonds. The number of esters is 1. The summed E-state index contributed by atoms with van der Waals surface area (Å²) in [6, 6.07) is 9.97. The van der Waals surface area contributed by atoms with E-state index >= 15 is 0 Å². The number of hydrazone groups is 1. The van der Waals surface area contributed by atoms with Gasteiger partial charge in [0.15, 0.2) is 11.5 Å². The molecule has 0 unspecified atom stereocenters. The summed E-state index contributed by atoms with van der Waals surface area (Å²) >= 11 is 3.41. The third kappa shape index (κ3) is 6.07. The SMILES string of the molecule is COc1ccc(C(=O)Oc2ccc(Br)cc2/C=N/NC(=O)C2CCCCC2)cc1OC. The monoisotopic (exact) mass is 488 g/mol. The van der Waals surface area contributed by atoms with Crippen molar-refractivity contribution in [2.75, 3.05) is 14.2 Å². The molecule has 1 aliphatic rings. The number of amides is 1. The standard InChI is InChI=1S/C23H25BrN2O5/c1-29-20-10-8-16(13-21(20)30-2)23(28)31-19-11-9-18(24)12-17(19)14-25-26-22(27)15-6-4-3-5-7-15/h8-15H,3-7H2,1-2H3,(H,26,27)/b25-14+. The van der Waals surface area contributed by atoms with Crippen LogP contribution < -0.4 is 19.6 Å². The molecule has 1 aliphatic carbocycles. The molecule has 2 aromatic carbocycles. The smallest absolute Gasteiger partial charge is 0.343 e. The Kier molecular flexibility index (Phi) is 8.06. The molecule has 0 radical (unpaired) electrons. The number of carbonyl (C=O) groups is 2. The van der Waals surface area contributed by atoms with Crippen molar-refractivity contribution >= 4 is 34.0 Å². The van der Waals surface area contributed by atoms with E-state index in [-0.39, 0.29) is 11.8 Å². The lowest BCUT2D eigenvalue weighted by Gasteiger charge is -2.19. The molecule has 0 heterocycles. The van der Waals surface area contributed by atoms with E-state index in [1.165, 1.54) is 26.9 Å². The number of carbonyl (C=O) groups excluding carboxylic acids is 2. The van der Waals surface area contributed by atoms with Crippen molar-refractivity contribution in [2.45, 2.75) is 32.1 Å². The fourth-order valence-corrected chi connectivity index (χ4v) is 3.84. The zero-order chi connectivity index (χ0) is 22.2. The maximum absolute atomic E-state index is 12.7. The first-order valence-corrected chi connectivity index (χ1v) is 10.9. The molecule has 0 bridgehead atoms.